The number of carbonyl (C=O) groups excluding carboxylic acids is 4. The van der Waals surface area contributed by atoms with Gasteiger partial charge in [-0.1, -0.05) is 53.4 Å². The van der Waals surface area contributed by atoms with Gasteiger partial charge in [0.2, 0.25) is 11.8 Å². The number of imidazole rings is 2. The summed E-state index contributed by atoms with van der Waals surface area (Å²) in [5.74, 6) is 13.1. The number of H-pyrrole nitrogens is 2. The second kappa shape index (κ2) is 17.9. The van der Waals surface area contributed by atoms with E-state index >= 15 is 0 Å². The lowest BCUT2D eigenvalue weighted by Crippen LogP contribution is -2.51. The molecule has 0 bridgehead atoms. The summed E-state index contributed by atoms with van der Waals surface area (Å²) >= 11 is 0. The number of nitriles is 1. The van der Waals surface area contributed by atoms with Gasteiger partial charge in [-0.3, -0.25) is 9.59 Å². The van der Waals surface area contributed by atoms with Gasteiger partial charge in [0, 0.05) is 36.6 Å². The van der Waals surface area contributed by atoms with Crippen LogP contribution in [0.1, 0.15) is 106 Å². The third kappa shape index (κ3) is 9.50. The van der Waals surface area contributed by atoms with Crippen LogP contribution >= 0.6 is 0 Å². The van der Waals surface area contributed by atoms with Crippen molar-refractivity contribution in [2.75, 3.05) is 27.3 Å². The van der Waals surface area contributed by atoms with Crippen molar-refractivity contribution in [1.82, 2.24) is 40.4 Å². The largest absolute Gasteiger partial charge is 0.453 e. The molecule has 294 valence electrons. The second-order valence-electron chi connectivity index (χ2n) is 15.1. The molecule has 2 aliphatic heterocycles. The normalized spacial score (nSPS) is 19.9. The third-order valence-corrected chi connectivity index (χ3v) is 10.00. The Morgan fingerprint density at radius 1 is 0.750 bits per heavy atom. The monoisotopic (exact) mass is 763 g/mol. The predicted molar refractivity (Wildman–Crippen MR) is 205 cm³/mol. The Morgan fingerprint density at radius 3 is 1.64 bits per heavy atom. The van der Waals surface area contributed by atoms with Gasteiger partial charge in [-0.2, -0.15) is 5.26 Å². The molecule has 3 aromatic rings. The SMILES string of the molecule is COC(=O)N[C@H](C(=O)N1C[C@@H](C)C[C@H]1c1nc(C#Cc2ccc(C#Cc3c[nH]c([C@@H]4C[C@H](C)CN4C(=O)[C@@H](NC(=O)OC)C(C)C)n3)c(C#N)c2)c[nH]1)C(C)C. The van der Waals surface area contributed by atoms with Crippen LogP contribution in [0.15, 0.2) is 30.6 Å². The number of hydrogen-bond donors (Lipinski definition) is 4. The number of likely N-dealkylation sites (tertiary alicyclic amines) is 2. The van der Waals surface area contributed by atoms with Crippen molar-refractivity contribution in [3.8, 4) is 29.8 Å². The topological polar surface area (TPSA) is 198 Å². The van der Waals surface area contributed by atoms with Gasteiger partial charge in [-0.15, -0.1) is 0 Å². The molecule has 1 aromatic carbocycles. The highest BCUT2D eigenvalue weighted by atomic mass is 16.5. The molecule has 4 heterocycles. The molecule has 0 spiro atoms. The molecule has 4 amide bonds. The van der Waals surface area contributed by atoms with Crippen LogP contribution in [0.2, 0.25) is 0 Å². The minimum Gasteiger partial charge on any atom is -0.453 e. The summed E-state index contributed by atoms with van der Waals surface area (Å²) in [7, 11) is 2.53. The minimum atomic E-state index is -0.746. The molecule has 15 nitrogen and oxygen atoms in total. The quantitative estimate of drug-likeness (QED) is 0.241. The average Bonchev–Trinajstić information content (AvgIpc) is 4.00. The number of nitrogens with one attached hydrogen (secondary N) is 4. The number of aromatic nitrogens is 4. The van der Waals surface area contributed by atoms with E-state index in [1.165, 1.54) is 14.2 Å². The van der Waals surface area contributed by atoms with Crippen molar-refractivity contribution in [2.24, 2.45) is 23.7 Å². The number of rotatable bonds is 8. The molecule has 0 unspecified atom stereocenters. The molecule has 2 fully saturated rings. The maximum atomic E-state index is 13.6. The van der Waals surface area contributed by atoms with Crippen LogP contribution in [-0.2, 0) is 19.1 Å². The van der Waals surface area contributed by atoms with Gasteiger partial charge in [0.25, 0.3) is 0 Å². The zero-order valence-electron chi connectivity index (χ0n) is 33.0. The van der Waals surface area contributed by atoms with E-state index in [4.69, 9.17) is 9.47 Å². The van der Waals surface area contributed by atoms with Gasteiger partial charge >= 0.3 is 12.2 Å². The van der Waals surface area contributed by atoms with E-state index in [0.717, 1.165) is 0 Å². The molecule has 4 N–H and O–H groups in total. The molecule has 2 saturated heterocycles. The fraction of sp³-hybridized carbons (Fsp3) is 0.488. The standard InChI is InChI=1S/C41H49N9O6/c1-23(2)34(47-40(53)55-7)38(51)49-21-25(5)15-32(49)36-43-19-30(45-36)13-10-27-9-11-28(29(17-27)18-42)12-14-31-20-44-37(46-31)33-16-26(6)22-50(33)39(52)35(24(3)4)48-41(54)56-8/h9,11,17,19-20,23-26,32-35H,15-16,21-22H2,1-8H3,(H,43,45)(H,44,46)(H,47,53)(H,48,54)/t25-,26-,32-,33-,34-,35-/m0/s1. The zero-order valence-corrected chi connectivity index (χ0v) is 33.0. The van der Waals surface area contributed by atoms with E-state index in [1.807, 2.05) is 27.7 Å². The molecule has 0 radical (unpaired) electrons. The highest BCUT2D eigenvalue weighted by Crippen LogP contribution is 2.36. The summed E-state index contributed by atoms with van der Waals surface area (Å²) in [6.07, 6.45) is 3.44. The number of aromatic amines is 2. The number of methoxy groups -OCH3 is 2. The lowest BCUT2D eigenvalue weighted by atomic mass is 10.0. The molecule has 2 aromatic heterocycles. The van der Waals surface area contributed by atoms with Gasteiger partial charge in [0.05, 0.1) is 31.9 Å². The van der Waals surface area contributed by atoms with Crippen molar-refractivity contribution in [1.29, 1.82) is 5.26 Å². The van der Waals surface area contributed by atoms with Gasteiger partial charge < -0.3 is 39.9 Å². The lowest BCUT2D eigenvalue weighted by Gasteiger charge is -2.30. The number of benzene rings is 1. The van der Waals surface area contributed by atoms with E-state index in [9.17, 15) is 24.4 Å². The molecular formula is C41H49N9O6. The van der Waals surface area contributed by atoms with Crippen LogP contribution in [0.3, 0.4) is 0 Å². The van der Waals surface area contributed by atoms with Gasteiger partial charge in [0.15, 0.2) is 0 Å². The lowest BCUT2D eigenvalue weighted by molar-refractivity contribution is -0.136. The van der Waals surface area contributed by atoms with E-state index in [1.54, 1.807) is 40.4 Å². The van der Waals surface area contributed by atoms with Crippen molar-refractivity contribution in [3.05, 3.63) is 70.3 Å². The summed E-state index contributed by atoms with van der Waals surface area (Å²) in [6.45, 7) is 12.7. The van der Waals surface area contributed by atoms with Crippen LogP contribution in [0.5, 0.6) is 0 Å². The van der Waals surface area contributed by atoms with Gasteiger partial charge in [0.1, 0.15) is 41.2 Å². The van der Waals surface area contributed by atoms with Crippen LogP contribution < -0.4 is 10.6 Å². The first kappa shape index (κ1) is 40.9. The van der Waals surface area contributed by atoms with Crippen LogP contribution in [0.25, 0.3) is 0 Å². The fourth-order valence-electron chi connectivity index (χ4n) is 7.09. The summed E-state index contributed by atoms with van der Waals surface area (Å²) in [6, 6.07) is 5.26. The highest BCUT2D eigenvalue weighted by molar-refractivity contribution is 5.87. The van der Waals surface area contributed by atoms with Crippen molar-refractivity contribution >= 4 is 24.0 Å². The summed E-state index contributed by atoms with van der Waals surface area (Å²) in [5.41, 5.74) is 2.38. The fourth-order valence-corrected chi connectivity index (χ4v) is 7.09. The summed E-state index contributed by atoms with van der Waals surface area (Å²) in [4.78, 5) is 70.3. The number of alkyl carbamates (subject to hydrolysis) is 2. The smallest absolute Gasteiger partial charge is 0.407 e. The molecule has 0 saturated carbocycles. The maximum absolute atomic E-state index is 13.6. The Bertz CT molecular complexity index is 2110. The van der Waals surface area contributed by atoms with Crippen molar-refractivity contribution in [3.63, 3.8) is 0 Å². The highest BCUT2D eigenvalue weighted by Gasteiger charge is 2.41. The van der Waals surface area contributed by atoms with Gasteiger partial charge in [-0.25, -0.2) is 19.6 Å². The number of amides is 4. The number of hydrogen-bond acceptors (Lipinski definition) is 9. The first-order valence-electron chi connectivity index (χ1n) is 18.7. The molecule has 56 heavy (non-hydrogen) atoms. The number of ether oxygens (including phenoxy) is 2. The Morgan fingerprint density at radius 2 is 1.21 bits per heavy atom. The van der Waals surface area contributed by atoms with Crippen molar-refractivity contribution < 1.29 is 28.7 Å². The summed E-state index contributed by atoms with van der Waals surface area (Å²) in [5, 5.41) is 15.3. The predicted octanol–water partition coefficient (Wildman–Crippen LogP) is 4.38. The second-order valence-corrected chi connectivity index (χ2v) is 15.1. The Hall–Kier alpha value is -6.27. The Labute approximate surface area is 327 Å². The van der Waals surface area contributed by atoms with E-state index in [2.05, 4.69) is 74.2 Å². The number of nitrogens with zero attached hydrogens (tertiary/aromatic N) is 5. The summed E-state index contributed by atoms with van der Waals surface area (Å²) < 4.78 is 9.48. The van der Waals surface area contributed by atoms with Crippen LogP contribution in [0, 0.1) is 58.7 Å². The van der Waals surface area contributed by atoms with Gasteiger partial charge in [-0.05, 0) is 66.6 Å². The Kier molecular flexibility index (Phi) is 13.1. The average molecular weight is 764 g/mol. The van der Waals surface area contributed by atoms with E-state index in [0.29, 0.717) is 65.7 Å². The molecule has 5 rings (SSSR count). The minimum absolute atomic E-state index is 0.150. The molecule has 2 aliphatic rings. The molecular weight excluding hydrogens is 715 g/mol. The molecule has 0 aliphatic carbocycles. The first-order chi connectivity index (χ1) is 26.7. The zero-order chi connectivity index (χ0) is 40.7. The third-order valence-electron chi connectivity index (χ3n) is 10.00. The van der Waals surface area contributed by atoms with Crippen LogP contribution in [-0.4, -0.2) is 93.1 Å². The molecule has 15 heteroatoms. The van der Waals surface area contributed by atoms with Crippen LogP contribution in [0.4, 0.5) is 9.59 Å². The maximum Gasteiger partial charge on any atom is 0.407 e. The first-order valence-corrected chi connectivity index (χ1v) is 18.7. The van der Waals surface area contributed by atoms with Crippen molar-refractivity contribution in [2.45, 2.75) is 78.6 Å². The molecule has 6 atom stereocenters. The number of carbonyl (C=O) groups is 4. The van der Waals surface area contributed by atoms with E-state index in [-0.39, 0.29) is 47.6 Å². The van der Waals surface area contributed by atoms with E-state index < -0.39 is 24.3 Å². The Balaban J connectivity index is 1.28.